The Bertz CT molecular complexity index is 368. The Balaban J connectivity index is 3.00. The fraction of sp³-hybridized carbons (Fsp3) is 0. The van der Waals surface area contributed by atoms with E-state index in [2.05, 4.69) is 6.58 Å². The van der Waals surface area contributed by atoms with Gasteiger partial charge >= 0.3 is 0 Å². The van der Waals surface area contributed by atoms with Gasteiger partial charge in [0.05, 0.1) is 13.0 Å². The fourth-order valence-electron chi connectivity index (χ4n) is 0.796. The molecule has 0 fully saturated rings. The summed E-state index contributed by atoms with van der Waals surface area (Å²) in [5.41, 5.74) is 1.40. The first-order chi connectivity index (χ1) is 6.27. The van der Waals surface area contributed by atoms with E-state index in [4.69, 9.17) is 6.63 Å². The molecule has 58 valence electrons. The predicted molar refractivity (Wildman–Crippen MR) is 50.4 cm³/mol. The number of rotatable bonds is 2. The summed E-state index contributed by atoms with van der Waals surface area (Å²) in [5.74, 6) is 0. The van der Waals surface area contributed by atoms with Gasteiger partial charge in [-0.2, -0.15) is 5.26 Å². The van der Waals surface area contributed by atoms with E-state index in [1.54, 1.807) is 36.4 Å². The topological polar surface area (TPSA) is 23.8 Å². The summed E-state index contributed by atoms with van der Waals surface area (Å²) in [6.07, 6.45) is 3.18. The van der Waals surface area contributed by atoms with Crippen molar-refractivity contribution >= 4 is 6.05 Å². The summed E-state index contributed by atoms with van der Waals surface area (Å²) in [4.78, 5) is 0. The van der Waals surface area contributed by atoms with E-state index in [0.29, 0.717) is 11.6 Å². The normalized spacial score (nSPS) is 11.6. The molecule has 0 heterocycles. The second-order valence-corrected chi connectivity index (χ2v) is 2.24. The van der Waals surface area contributed by atoms with Gasteiger partial charge in [-0.3, -0.25) is 0 Å². The Kier molecular flexibility index (Phi) is 2.38. The third-order valence-corrected chi connectivity index (χ3v) is 1.38. The van der Waals surface area contributed by atoms with Crippen LogP contribution in [-0.4, -0.2) is 0 Å². The van der Waals surface area contributed by atoms with Gasteiger partial charge in [0.25, 0.3) is 0 Å². The zero-order valence-electron chi connectivity index (χ0n) is 7.62. The second-order valence-electron chi connectivity index (χ2n) is 2.24. The van der Waals surface area contributed by atoms with Crippen LogP contribution in [0.5, 0.6) is 0 Å². The molecule has 0 unspecified atom stereocenters. The maximum Gasteiger partial charge on any atom is 0.0991 e. The Morgan fingerprint density at radius 3 is 2.58 bits per heavy atom. The molecule has 0 N–H and O–H groups in total. The van der Waals surface area contributed by atoms with E-state index >= 15 is 0 Å². The number of hydrogen-bond acceptors (Lipinski definition) is 1. The van der Waals surface area contributed by atoms with Crippen LogP contribution in [0.4, 0.5) is 0 Å². The molecule has 0 spiro atoms. The summed E-state index contributed by atoms with van der Waals surface area (Å²) >= 11 is 0. The van der Waals surface area contributed by atoms with Crippen molar-refractivity contribution < 1.29 is 1.37 Å². The zero-order valence-corrected chi connectivity index (χ0v) is 6.62. The summed E-state index contributed by atoms with van der Waals surface area (Å²) in [5, 5.41) is 8.54. The van der Waals surface area contributed by atoms with Crippen molar-refractivity contribution in [3.63, 3.8) is 0 Å². The molecule has 0 amide bonds. The van der Waals surface area contributed by atoms with Crippen molar-refractivity contribution in [2.45, 2.75) is 0 Å². The van der Waals surface area contributed by atoms with Crippen LogP contribution in [0.15, 0.2) is 43.0 Å². The molecule has 0 radical (unpaired) electrons. The Hall–Kier alpha value is -1.81. The zero-order chi connectivity index (χ0) is 9.68. The second kappa shape index (κ2) is 4.15. The summed E-state index contributed by atoms with van der Waals surface area (Å²) in [6.45, 7) is 3.51. The van der Waals surface area contributed by atoms with Gasteiger partial charge in [-0.05, 0) is 17.7 Å². The van der Waals surface area contributed by atoms with Gasteiger partial charge in [0, 0.05) is 0 Å². The van der Waals surface area contributed by atoms with Crippen molar-refractivity contribution in [1.82, 2.24) is 0 Å². The molecular formula is C11H9N. The van der Waals surface area contributed by atoms with Crippen LogP contribution in [-0.2, 0) is 0 Å². The third kappa shape index (κ3) is 2.10. The quantitative estimate of drug-likeness (QED) is 0.604. The van der Waals surface area contributed by atoms with Crippen molar-refractivity contribution in [3.05, 3.63) is 54.1 Å². The van der Waals surface area contributed by atoms with Crippen molar-refractivity contribution in [2.75, 3.05) is 0 Å². The van der Waals surface area contributed by atoms with E-state index in [0.717, 1.165) is 5.56 Å². The monoisotopic (exact) mass is 156 g/mol. The molecule has 0 aliphatic carbocycles. The molecule has 1 aromatic carbocycles. The molecule has 1 heteroatoms. The SMILES string of the molecule is [2H]/C(=C\C=C)c1ccc(C#N)cc1. The lowest BCUT2D eigenvalue weighted by Crippen LogP contribution is -1.73. The minimum atomic E-state index is 0.402. The number of nitrogens with zero attached hydrogens (tertiary/aromatic N) is 1. The van der Waals surface area contributed by atoms with Gasteiger partial charge in [0.1, 0.15) is 0 Å². The summed E-state index contributed by atoms with van der Waals surface area (Å²) in [6, 6.07) is 9.32. The van der Waals surface area contributed by atoms with Gasteiger partial charge in [0.2, 0.25) is 0 Å². The number of allylic oxidation sites excluding steroid dienone is 2. The molecule has 1 aromatic rings. The van der Waals surface area contributed by atoms with Crippen molar-refractivity contribution in [2.24, 2.45) is 0 Å². The van der Waals surface area contributed by atoms with E-state index in [-0.39, 0.29) is 0 Å². The van der Waals surface area contributed by atoms with Crippen LogP contribution >= 0.6 is 0 Å². The van der Waals surface area contributed by atoms with E-state index in [1.165, 1.54) is 0 Å². The van der Waals surface area contributed by atoms with Crippen LogP contribution in [0.25, 0.3) is 6.05 Å². The van der Waals surface area contributed by atoms with E-state index in [9.17, 15) is 0 Å². The number of hydrogen-bond donors (Lipinski definition) is 0. The molecule has 0 bridgehead atoms. The average Bonchev–Trinajstić information content (AvgIpc) is 2.18. The molecule has 0 aliphatic heterocycles. The minimum absolute atomic E-state index is 0.402. The Morgan fingerprint density at radius 1 is 1.42 bits per heavy atom. The molecule has 0 aliphatic rings. The third-order valence-electron chi connectivity index (χ3n) is 1.38. The van der Waals surface area contributed by atoms with Crippen LogP contribution in [0, 0.1) is 11.3 Å². The standard InChI is InChI=1S/C11H9N/c1-2-3-4-10-5-7-11(9-12)8-6-10/h2-8H,1H2/b4-3+/i4D. The molecule has 12 heavy (non-hydrogen) atoms. The molecule has 0 aromatic heterocycles. The lowest BCUT2D eigenvalue weighted by atomic mass is 10.1. The summed E-state index contributed by atoms with van der Waals surface area (Å²) < 4.78 is 7.55. The van der Waals surface area contributed by atoms with E-state index < -0.39 is 0 Å². The van der Waals surface area contributed by atoms with Crippen LogP contribution in [0.1, 0.15) is 12.5 Å². The number of nitriles is 1. The van der Waals surface area contributed by atoms with Gasteiger partial charge < -0.3 is 0 Å². The molecular weight excluding hydrogens is 146 g/mol. The highest BCUT2D eigenvalue weighted by atomic mass is 14.2. The Morgan fingerprint density at radius 2 is 2.08 bits per heavy atom. The van der Waals surface area contributed by atoms with E-state index in [1.807, 2.05) is 6.07 Å². The largest absolute Gasteiger partial charge is 0.192 e. The smallest absolute Gasteiger partial charge is 0.0991 e. The average molecular weight is 156 g/mol. The molecule has 1 rings (SSSR count). The molecule has 1 nitrogen and oxygen atoms in total. The fourth-order valence-corrected chi connectivity index (χ4v) is 0.796. The van der Waals surface area contributed by atoms with Crippen molar-refractivity contribution in [3.8, 4) is 6.07 Å². The van der Waals surface area contributed by atoms with Crippen LogP contribution in [0.2, 0.25) is 0 Å². The number of benzene rings is 1. The first-order valence-electron chi connectivity index (χ1n) is 4.08. The molecule has 0 atom stereocenters. The minimum Gasteiger partial charge on any atom is -0.192 e. The van der Waals surface area contributed by atoms with Crippen LogP contribution < -0.4 is 0 Å². The van der Waals surface area contributed by atoms with Crippen molar-refractivity contribution in [1.29, 1.82) is 5.26 Å². The first kappa shape index (κ1) is 6.87. The maximum absolute atomic E-state index is 8.54. The lowest BCUT2D eigenvalue weighted by molar-refractivity contribution is 1.48. The van der Waals surface area contributed by atoms with Gasteiger partial charge in [-0.1, -0.05) is 36.9 Å². The highest BCUT2D eigenvalue weighted by molar-refractivity contribution is 5.52. The Labute approximate surface area is 73.7 Å². The lowest BCUT2D eigenvalue weighted by Gasteiger charge is -1.91. The highest BCUT2D eigenvalue weighted by Gasteiger charge is 1.87. The highest BCUT2D eigenvalue weighted by Crippen LogP contribution is 2.04. The first-order valence-corrected chi connectivity index (χ1v) is 3.58. The predicted octanol–water partition coefficient (Wildman–Crippen LogP) is 2.76. The molecule has 0 saturated carbocycles. The van der Waals surface area contributed by atoms with Gasteiger partial charge in [-0.15, -0.1) is 0 Å². The van der Waals surface area contributed by atoms with Gasteiger partial charge in [-0.25, -0.2) is 0 Å². The maximum atomic E-state index is 8.54. The van der Waals surface area contributed by atoms with Crippen LogP contribution in [0.3, 0.4) is 0 Å². The van der Waals surface area contributed by atoms with Gasteiger partial charge in [0.15, 0.2) is 0 Å². The summed E-state index contributed by atoms with van der Waals surface area (Å²) in [7, 11) is 0. The molecule has 0 saturated heterocycles.